The van der Waals surface area contributed by atoms with Crippen LogP contribution >= 0.6 is 34.5 Å². The van der Waals surface area contributed by atoms with Crippen LogP contribution in [0.1, 0.15) is 41.1 Å². The summed E-state index contributed by atoms with van der Waals surface area (Å²) in [5.74, 6) is 0.532. The first-order chi connectivity index (χ1) is 12.1. The summed E-state index contributed by atoms with van der Waals surface area (Å²) in [6.07, 6.45) is 9.19. The Hall–Kier alpha value is -1.62. The summed E-state index contributed by atoms with van der Waals surface area (Å²) < 4.78 is 0. The highest BCUT2D eigenvalue weighted by molar-refractivity contribution is 7.18. The van der Waals surface area contributed by atoms with Crippen LogP contribution in [0.15, 0.2) is 23.0 Å². The fourth-order valence-electron chi connectivity index (χ4n) is 3.25. The van der Waals surface area contributed by atoms with Crippen LogP contribution in [0.5, 0.6) is 0 Å². The lowest BCUT2D eigenvalue weighted by Gasteiger charge is -2.01. The molecule has 25 heavy (non-hydrogen) atoms. The number of aryl methyl sites for hydroxylation is 2. The van der Waals surface area contributed by atoms with E-state index < -0.39 is 0 Å². The number of nitrogens with zero attached hydrogens (tertiary/aromatic N) is 1. The van der Waals surface area contributed by atoms with E-state index in [9.17, 15) is 4.79 Å². The first kappa shape index (κ1) is 16.8. The van der Waals surface area contributed by atoms with E-state index in [4.69, 9.17) is 23.2 Å². The molecule has 0 bridgehead atoms. The maximum absolute atomic E-state index is 12.6. The van der Waals surface area contributed by atoms with Gasteiger partial charge in [-0.3, -0.25) is 4.79 Å². The minimum Gasteiger partial charge on any atom is -0.306 e. The molecule has 1 aliphatic rings. The van der Waals surface area contributed by atoms with Crippen LogP contribution in [0, 0.1) is 0 Å². The standard InChI is InChI=1S/C19H16Cl2N2OS/c20-13-7-4-5-11(17(13)21)9-10-15-22-18(24)16-12-6-2-1-3-8-14(12)25-19(16)23-15/h4-5,7,9-10H,1-3,6,8H2,(H,22,23,24). The van der Waals surface area contributed by atoms with Crippen molar-refractivity contribution in [2.75, 3.05) is 0 Å². The van der Waals surface area contributed by atoms with E-state index in [1.165, 1.54) is 23.3 Å². The van der Waals surface area contributed by atoms with E-state index in [0.29, 0.717) is 15.9 Å². The van der Waals surface area contributed by atoms with Gasteiger partial charge in [0.2, 0.25) is 0 Å². The Kier molecular flexibility index (Phi) is 4.67. The molecule has 0 aliphatic heterocycles. The molecule has 0 saturated carbocycles. The molecule has 0 radical (unpaired) electrons. The molecule has 0 fully saturated rings. The number of benzene rings is 1. The van der Waals surface area contributed by atoms with Gasteiger partial charge in [0.25, 0.3) is 5.56 Å². The number of halogens is 2. The summed E-state index contributed by atoms with van der Waals surface area (Å²) in [7, 11) is 0. The average molecular weight is 391 g/mol. The maximum atomic E-state index is 12.6. The summed E-state index contributed by atoms with van der Waals surface area (Å²) in [5.41, 5.74) is 1.94. The summed E-state index contributed by atoms with van der Waals surface area (Å²) in [6.45, 7) is 0. The highest BCUT2D eigenvalue weighted by Crippen LogP contribution is 2.33. The number of H-pyrrole nitrogens is 1. The second-order valence-corrected chi connectivity index (χ2v) is 8.04. The quantitative estimate of drug-likeness (QED) is 0.567. The summed E-state index contributed by atoms with van der Waals surface area (Å²) in [6, 6.07) is 5.45. The first-order valence-corrected chi connectivity index (χ1v) is 9.87. The topological polar surface area (TPSA) is 45.8 Å². The zero-order valence-corrected chi connectivity index (χ0v) is 15.8. The van der Waals surface area contributed by atoms with Crippen molar-refractivity contribution < 1.29 is 0 Å². The van der Waals surface area contributed by atoms with Gasteiger partial charge < -0.3 is 4.98 Å². The van der Waals surface area contributed by atoms with Gasteiger partial charge in [0, 0.05) is 4.88 Å². The van der Waals surface area contributed by atoms with Gasteiger partial charge in [-0.2, -0.15) is 0 Å². The van der Waals surface area contributed by atoms with Crippen LogP contribution in [0.25, 0.3) is 22.4 Å². The van der Waals surface area contributed by atoms with E-state index >= 15 is 0 Å². The van der Waals surface area contributed by atoms with Crippen molar-refractivity contribution in [1.29, 1.82) is 0 Å². The van der Waals surface area contributed by atoms with Gasteiger partial charge in [-0.05, 0) is 55.0 Å². The third-order valence-electron chi connectivity index (χ3n) is 4.50. The highest BCUT2D eigenvalue weighted by atomic mass is 35.5. The van der Waals surface area contributed by atoms with Crippen molar-refractivity contribution in [2.24, 2.45) is 0 Å². The third kappa shape index (κ3) is 3.26. The van der Waals surface area contributed by atoms with Crippen LogP contribution in [-0.4, -0.2) is 9.97 Å². The Labute approximate surface area is 159 Å². The second kappa shape index (κ2) is 6.94. The number of thiophene rings is 1. The highest BCUT2D eigenvalue weighted by Gasteiger charge is 2.18. The number of aromatic nitrogens is 2. The van der Waals surface area contributed by atoms with Crippen molar-refractivity contribution in [3.63, 3.8) is 0 Å². The van der Waals surface area contributed by atoms with E-state index in [1.807, 2.05) is 18.2 Å². The molecule has 4 rings (SSSR count). The van der Waals surface area contributed by atoms with E-state index in [-0.39, 0.29) is 5.56 Å². The lowest BCUT2D eigenvalue weighted by molar-refractivity contribution is 0.713. The number of hydrogen-bond donors (Lipinski definition) is 1. The zero-order chi connectivity index (χ0) is 17.4. The Morgan fingerprint density at radius 1 is 1.12 bits per heavy atom. The first-order valence-electron chi connectivity index (χ1n) is 8.30. The van der Waals surface area contributed by atoms with Gasteiger partial charge in [-0.25, -0.2) is 4.98 Å². The van der Waals surface area contributed by atoms with Crippen molar-refractivity contribution in [2.45, 2.75) is 32.1 Å². The predicted octanol–water partition coefficient (Wildman–Crippen LogP) is 5.73. The number of fused-ring (bicyclic) bond motifs is 3. The van der Waals surface area contributed by atoms with Gasteiger partial charge in [0.1, 0.15) is 10.7 Å². The van der Waals surface area contributed by atoms with Crippen molar-refractivity contribution >= 4 is 56.9 Å². The van der Waals surface area contributed by atoms with E-state index in [2.05, 4.69) is 9.97 Å². The van der Waals surface area contributed by atoms with Crippen LogP contribution in [0.4, 0.5) is 0 Å². The molecule has 0 unspecified atom stereocenters. The predicted molar refractivity (Wildman–Crippen MR) is 107 cm³/mol. The molecule has 0 amide bonds. The molecule has 0 spiro atoms. The van der Waals surface area contributed by atoms with Gasteiger partial charge in [0.15, 0.2) is 0 Å². The monoisotopic (exact) mass is 390 g/mol. The van der Waals surface area contributed by atoms with Crippen LogP contribution < -0.4 is 5.56 Å². The average Bonchev–Trinajstić information content (AvgIpc) is 2.78. The minimum absolute atomic E-state index is 0.0544. The Morgan fingerprint density at radius 3 is 2.84 bits per heavy atom. The van der Waals surface area contributed by atoms with Gasteiger partial charge in [-0.1, -0.05) is 41.8 Å². The number of hydrogen-bond acceptors (Lipinski definition) is 3. The molecule has 0 saturated heterocycles. The molecule has 0 atom stereocenters. The van der Waals surface area contributed by atoms with E-state index in [0.717, 1.165) is 35.0 Å². The Bertz CT molecular complexity index is 1040. The molecule has 3 nitrogen and oxygen atoms in total. The third-order valence-corrected chi connectivity index (χ3v) is 6.51. The number of nitrogens with one attached hydrogen (secondary N) is 1. The molecule has 2 heterocycles. The minimum atomic E-state index is -0.0544. The summed E-state index contributed by atoms with van der Waals surface area (Å²) >= 11 is 13.9. The van der Waals surface area contributed by atoms with Gasteiger partial charge in [0.05, 0.1) is 15.4 Å². The fourth-order valence-corrected chi connectivity index (χ4v) is 4.89. The number of aromatic amines is 1. The SMILES string of the molecule is O=c1[nH]c(C=Cc2cccc(Cl)c2Cl)nc2sc3c(c12)CCCCC3. The Morgan fingerprint density at radius 2 is 1.96 bits per heavy atom. The molecule has 1 aromatic carbocycles. The number of rotatable bonds is 2. The van der Waals surface area contributed by atoms with Crippen LogP contribution in [-0.2, 0) is 12.8 Å². The normalized spacial score (nSPS) is 14.8. The summed E-state index contributed by atoms with van der Waals surface area (Å²) in [5, 5.41) is 1.77. The lowest BCUT2D eigenvalue weighted by atomic mass is 10.1. The molecular formula is C19H16Cl2N2OS. The second-order valence-electron chi connectivity index (χ2n) is 6.17. The van der Waals surface area contributed by atoms with Crippen molar-refractivity contribution in [3.8, 4) is 0 Å². The van der Waals surface area contributed by atoms with E-state index in [1.54, 1.807) is 23.5 Å². The molecule has 1 N–H and O–H groups in total. The molecule has 1 aliphatic carbocycles. The smallest absolute Gasteiger partial charge is 0.260 e. The molecule has 128 valence electrons. The van der Waals surface area contributed by atoms with Crippen LogP contribution in [0.3, 0.4) is 0 Å². The maximum Gasteiger partial charge on any atom is 0.260 e. The van der Waals surface area contributed by atoms with Crippen molar-refractivity contribution in [1.82, 2.24) is 9.97 Å². The Balaban J connectivity index is 1.75. The lowest BCUT2D eigenvalue weighted by Crippen LogP contribution is -2.10. The zero-order valence-electron chi connectivity index (χ0n) is 13.4. The molecule has 2 aromatic heterocycles. The van der Waals surface area contributed by atoms with Crippen molar-refractivity contribution in [3.05, 3.63) is 60.4 Å². The fraction of sp³-hybridized carbons (Fsp3) is 0.263. The molecule has 3 aromatic rings. The summed E-state index contributed by atoms with van der Waals surface area (Å²) in [4.78, 5) is 22.3. The molecular weight excluding hydrogens is 375 g/mol. The molecule has 6 heteroatoms. The van der Waals surface area contributed by atoms with Gasteiger partial charge in [-0.15, -0.1) is 11.3 Å². The van der Waals surface area contributed by atoms with Crippen LogP contribution in [0.2, 0.25) is 10.0 Å². The largest absolute Gasteiger partial charge is 0.306 e. The van der Waals surface area contributed by atoms with Gasteiger partial charge >= 0.3 is 0 Å².